The summed E-state index contributed by atoms with van der Waals surface area (Å²) in [6.45, 7) is 8.52. The average Bonchev–Trinajstić information content (AvgIpc) is 2.16. The molecule has 1 aliphatic heterocycles. The number of aliphatic hydroxyl groups excluding tert-OH is 1. The van der Waals surface area contributed by atoms with Gasteiger partial charge in [0.15, 0.2) is 0 Å². The monoisotopic (exact) mass is 203 g/mol. The minimum absolute atomic E-state index is 0.208. The fourth-order valence-electron chi connectivity index (χ4n) is 1.66. The highest BCUT2D eigenvalue weighted by atomic mass is 32.2. The molecule has 0 bridgehead atoms. The van der Waals surface area contributed by atoms with Gasteiger partial charge in [-0.25, -0.2) is 0 Å². The molecule has 2 nitrogen and oxygen atoms in total. The van der Waals surface area contributed by atoms with Crippen molar-refractivity contribution in [3.8, 4) is 0 Å². The van der Waals surface area contributed by atoms with Crippen molar-refractivity contribution in [2.45, 2.75) is 44.6 Å². The molecular formula is C10H21NOS. The van der Waals surface area contributed by atoms with Crippen LogP contribution in [0.25, 0.3) is 0 Å². The van der Waals surface area contributed by atoms with Gasteiger partial charge < -0.3 is 5.11 Å². The van der Waals surface area contributed by atoms with Crippen LogP contribution in [0.5, 0.6) is 0 Å². The molecule has 3 unspecified atom stereocenters. The number of rotatable bonds is 3. The number of thioether (sulfide) groups is 1. The standard InChI is InChI=1S/C10H21NOS/c1-4-10-7-11(5-6-13-10)8(2)9(3)12/h8-10,12H,4-7H2,1-3H3. The Balaban J connectivity index is 2.41. The normalized spacial score (nSPS) is 30.0. The Morgan fingerprint density at radius 1 is 1.54 bits per heavy atom. The van der Waals surface area contributed by atoms with E-state index >= 15 is 0 Å². The predicted octanol–water partition coefficient (Wildman–Crippen LogP) is 1.58. The second kappa shape index (κ2) is 5.23. The average molecular weight is 203 g/mol. The summed E-state index contributed by atoms with van der Waals surface area (Å²) in [5.41, 5.74) is 0. The molecule has 0 amide bonds. The van der Waals surface area contributed by atoms with E-state index in [2.05, 4.69) is 30.5 Å². The maximum atomic E-state index is 9.48. The highest BCUT2D eigenvalue weighted by Gasteiger charge is 2.24. The third-order valence-corrected chi connectivity index (χ3v) is 4.27. The summed E-state index contributed by atoms with van der Waals surface area (Å²) in [5, 5.41) is 10.3. The van der Waals surface area contributed by atoms with E-state index in [9.17, 15) is 5.11 Å². The molecule has 0 spiro atoms. The third kappa shape index (κ3) is 3.15. The van der Waals surface area contributed by atoms with E-state index in [-0.39, 0.29) is 6.10 Å². The molecular weight excluding hydrogens is 182 g/mol. The molecule has 1 aliphatic rings. The summed E-state index contributed by atoms with van der Waals surface area (Å²) in [7, 11) is 0. The fraction of sp³-hybridized carbons (Fsp3) is 1.00. The van der Waals surface area contributed by atoms with Crippen LogP contribution in [0.1, 0.15) is 27.2 Å². The van der Waals surface area contributed by atoms with E-state index < -0.39 is 0 Å². The molecule has 0 aromatic rings. The van der Waals surface area contributed by atoms with Crippen molar-refractivity contribution in [1.29, 1.82) is 0 Å². The van der Waals surface area contributed by atoms with E-state index in [1.54, 1.807) is 0 Å². The van der Waals surface area contributed by atoms with E-state index in [0.717, 1.165) is 18.3 Å². The minimum Gasteiger partial charge on any atom is -0.392 e. The van der Waals surface area contributed by atoms with Gasteiger partial charge in [-0.05, 0) is 20.3 Å². The molecule has 0 aromatic carbocycles. The lowest BCUT2D eigenvalue weighted by Crippen LogP contribution is -2.47. The van der Waals surface area contributed by atoms with Crippen LogP contribution >= 0.6 is 11.8 Å². The first kappa shape index (κ1) is 11.3. The summed E-state index contributed by atoms with van der Waals surface area (Å²) in [4.78, 5) is 2.41. The zero-order valence-electron chi connectivity index (χ0n) is 8.86. The smallest absolute Gasteiger partial charge is 0.0664 e. The quantitative estimate of drug-likeness (QED) is 0.753. The van der Waals surface area contributed by atoms with Gasteiger partial charge in [-0.15, -0.1) is 0 Å². The Bertz CT molecular complexity index is 152. The van der Waals surface area contributed by atoms with Crippen molar-refractivity contribution in [1.82, 2.24) is 4.90 Å². The molecule has 1 heterocycles. The van der Waals surface area contributed by atoms with Gasteiger partial charge in [0, 0.05) is 30.1 Å². The first-order valence-electron chi connectivity index (χ1n) is 5.18. The number of hydrogen-bond donors (Lipinski definition) is 1. The van der Waals surface area contributed by atoms with Crippen LogP contribution in [0.4, 0.5) is 0 Å². The lowest BCUT2D eigenvalue weighted by atomic mass is 10.1. The van der Waals surface area contributed by atoms with E-state index in [4.69, 9.17) is 0 Å². The van der Waals surface area contributed by atoms with Crippen molar-refractivity contribution < 1.29 is 5.11 Å². The molecule has 0 saturated carbocycles. The SMILES string of the molecule is CCC1CN(C(C)C(C)O)CCS1. The van der Waals surface area contributed by atoms with Gasteiger partial charge in [0.2, 0.25) is 0 Å². The Kier molecular flexibility index (Phi) is 4.56. The van der Waals surface area contributed by atoms with E-state index in [1.807, 2.05) is 6.92 Å². The molecule has 0 radical (unpaired) electrons. The lowest BCUT2D eigenvalue weighted by Gasteiger charge is -2.37. The molecule has 78 valence electrons. The fourth-order valence-corrected chi connectivity index (χ4v) is 2.87. The highest BCUT2D eigenvalue weighted by Crippen LogP contribution is 2.23. The molecule has 3 atom stereocenters. The Morgan fingerprint density at radius 2 is 2.23 bits per heavy atom. The molecule has 3 heteroatoms. The molecule has 0 aromatic heterocycles. The minimum atomic E-state index is -0.208. The maximum Gasteiger partial charge on any atom is 0.0664 e. The van der Waals surface area contributed by atoms with Crippen LogP contribution in [-0.2, 0) is 0 Å². The van der Waals surface area contributed by atoms with Crippen molar-refractivity contribution in [2.24, 2.45) is 0 Å². The Labute approximate surface area is 85.7 Å². The van der Waals surface area contributed by atoms with Gasteiger partial charge in [-0.2, -0.15) is 11.8 Å². The largest absolute Gasteiger partial charge is 0.392 e. The summed E-state index contributed by atoms with van der Waals surface area (Å²) < 4.78 is 0. The summed E-state index contributed by atoms with van der Waals surface area (Å²) >= 11 is 2.07. The van der Waals surface area contributed by atoms with Crippen LogP contribution in [0.3, 0.4) is 0 Å². The molecule has 13 heavy (non-hydrogen) atoms. The van der Waals surface area contributed by atoms with Crippen molar-refractivity contribution >= 4 is 11.8 Å². The number of aliphatic hydroxyl groups is 1. The van der Waals surface area contributed by atoms with Crippen LogP contribution in [0.2, 0.25) is 0 Å². The van der Waals surface area contributed by atoms with Crippen molar-refractivity contribution in [2.75, 3.05) is 18.8 Å². The van der Waals surface area contributed by atoms with Gasteiger partial charge in [-0.3, -0.25) is 4.90 Å². The highest BCUT2D eigenvalue weighted by molar-refractivity contribution is 8.00. The second-order valence-corrected chi connectivity index (χ2v) is 5.29. The second-order valence-electron chi connectivity index (χ2n) is 3.88. The summed E-state index contributed by atoms with van der Waals surface area (Å²) in [5.74, 6) is 1.22. The van der Waals surface area contributed by atoms with Crippen molar-refractivity contribution in [3.63, 3.8) is 0 Å². The molecule has 1 fully saturated rings. The van der Waals surface area contributed by atoms with Crippen LogP contribution < -0.4 is 0 Å². The van der Waals surface area contributed by atoms with Gasteiger partial charge in [0.1, 0.15) is 0 Å². The van der Waals surface area contributed by atoms with E-state index in [0.29, 0.717) is 6.04 Å². The van der Waals surface area contributed by atoms with Crippen molar-refractivity contribution in [3.05, 3.63) is 0 Å². The van der Waals surface area contributed by atoms with Gasteiger partial charge in [0.05, 0.1) is 6.10 Å². The third-order valence-electron chi connectivity index (χ3n) is 2.90. The molecule has 0 aliphatic carbocycles. The molecule has 1 rings (SSSR count). The molecule has 1 saturated heterocycles. The summed E-state index contributed by atoms with van der Waals surface area (Å²) in [6, 6.07) is 0.315. The first-order valence-corrected chi connectivity index (χ1v) is 6.23. The van der Waals surface area contributed by atoms with Gasteiger partial charge in [-0.1, -0.05) is 6.92 Å². The van der Waals surface area contributed by atoms with Gasteiger partial charge in [0.25, 0.3) is 0 Å². The zero-order chi connectivity index (χ0) is 9.84. The van der Waals surface area contributed by atoms with E-state index in [1.165, 1.54) is 12.2 Å². The molecule has 1 N–H and O–H groups in total. The topological polar surface area (TPSA) is 23.5 Å². The maximum absolute atomic E-state index is 9.48. The Morgan fingerprint density at radius 3 is 2.77 bits per heavy atom. The number of hydrogen-bond acceptors (Lipinski definition) is 3. The number of nitrogens with zero attached hydrogens (tertiary/aromatic N) is 1. The first-order chi connectivity index (χ1) is 6.15. The Hall–Kier alpha value is 0.270. The lowest BCUT2D eigenvalue weighted by molar-refractivity contribution is 0.0727. The summed E-state index contributed by atoms with van der Waals surface area (Å²) in [6.07, 6.45) is 1.04. The van der Waals surface area contributed by atoms with Crippen LogP contribution in [0, 0.1) is 0 Å². The zero-order valence-corrected chi connectivity index (χ0v) is 9.68. The predicted molar refractivity (Wildman–Crippen MR) is 59.3 cm³/mol. The van der Waals surface area contributed by atoms with Gasteiger partial charge >= 0.3 is 0 Å². The van der Waals surface area contributed by atoms with Crippen LogP contribution in [0.15, 0.2) is 0 Å². The van der Waals surface area contributed by atoms with Crippen LogP contribution in [-0.4, -0.2) is 46.2 Å².